The van der Waals surface area contributed by atoms with E-state index in [2.05, 4.69) is 72.8 Å². The molecular formula is C26H34N2. The number of hydrogen-bond donors (Lipinski definition) is 1. The molecule has 0 saturated carbocycles. The molecule has 0 atom stereocenters. The number of nitrogens with two attached hydrogens (primary N) is 1. The molecule has 0 amide bonds. The third kappa shape index (κ3) is 6.84. The lowest BCUT2D eigenvalue weighted by atomic mass is 9.94. The minimum atomic E-state index is 1.08. The largest absolute Gasteiger partial charge is 0.405 e. The highest BCUT2D eigenvalue weighted by Gasteiger charge is 2.11. The molecule has 0 spiro atoms. The summed E-state index contributed by atoms with van der Waals surface area (Å²) >= 11 is 0. The molecule has 28 heavy (non-hydrogen) atoms. The average Bonchev–Trinajstić information content (AvgIpc) is 2.75. The molecule has 1 aliphatic carbocycles. The van der Waals surface area contributed by atoms with Crippen molar-refractivity contribution < 1.29 is 0 Å². The maximum Gasteiger partial charge on any atom is 0.0740 e. The van der Waals surface area contributed by atoms with E-state index in [0.717, 1.165) is 18.5 Å². The van der Waals surface area contributed by atoms with Gasteiger partial charge in [-0.1, -0.05) is 87.7 Å². The van der Waals surface area contributed by atoms with Gasteiger partial charge >= 0.3 is 0 Å². The number of rotatable bonds is 8. The first-order valence-corrected chi connectivity index (χ1v) is 10.5. The zero-order chi connectivity index (χ0) is 20.0. The fourth-order valence-electron chi connectivity index (χ4n) is 3.48. The molecule has 0 saturated heterocycles. The Morgan fingerprint density at radius 1 is 1.07 bits per heavy atom. The van der Waals surface area contributed by atoms with Crippen molar-refractivity contribution in [3.8, 4) is 11.1 Å². The van der Waals surface area contributed by atoms with Gasteiger partial charge in [0.2, 0.25) is 0 Å². The number of allylic oxidation sites excluding steroid dienone is 4. The summed E-state index contributed by atoms with van der Waals surface area (Å²) in [6.45, 7) is 5.41. The smallest absolute Gasteiger partial charge is 0.0740 e. The molecule has 2 heteroatoms. The maximum absolute atomic E-state index is 4.68. The predicted octanol–water partition coefficient (Wildman–Crippen LogP) is 7.08. The molecule has 0 bridgehead atoms. The number of pyridine rings is 1. The van der Waals surface area contributed by atoms with Gasteiger partial charge in [0.15, 0.2) is 0 Å². The van der Waals surface area contributed by atoms with Gasteiger partial charge in [-0.15, -0.1) is 0 Å². The second-order valence-electron chi connectivity index (χ2n) is 7.16. The third-order valence-corrected chi connectivity index (χ3v) is 4.96. The first kappa shape index (κ1) is 21.7. The molecule has 148 valence electrons. The van der Waals surface area contributed by atoms with E-state index in [0.29, 0.717) is 0 Å². The Kier molecular flexibility index (Phi) is 9.85. The minimum Gasteiger partial charge on any atom is -0.405 e. The summed E-state index contributed by atoms with van der Waals surface area (Å²) in [4.78, 5) is 4.68. The summed E-state index contributed by atoms with van der Waals surface area (Å²) < 4.78 is 0. The number of hydrogen-bond acceptors (Lipinski definition) is 2. The van der Waals surface area contributed by atoms with Crippen LogP contribution >= 0.6 is 0 Å². The Morgan fingerprint density at radius 2 is 1.82 bits per heavy atom. The van der Waals surface area contributed by atoms with Crippen LogP contribution in [0.5, 0.6) is 0 Å². The molecule has 1 aromatic carbocycles. The van der Waals surface area contributed by atoms with E-state index < -0.39 is 0 Å². The van der Waals surface area contributed by atoms with Crippen LogP contribution in [0.4, 0.5) is 0 Å². The highest BCUT2D eigenvalue weighted by Crippen LogP contribution is 2.31. The molecule has 3 rings (SSSR count). The molecule has 0 fully saturated rings. The Hall–Kier alpha value is -2.61. The Labute approximate surface area is 170 Å². The summed E-state index contributed by atoms with van der Waals surface area (Å²) in [7, 11) is 0. The quantitative estimate of drug-likeness (QED) is 0.501. The monoisotopic (exact) mass is 374 g/mol. The summed E-state index contributed by atoms with van der Waals surface area (Å²) in [6, 6.07) is 13.4. The number of benzene rings is 1. The van der Waals surface area contributed by atoms with E-state index in [-0.39, 0.29) is 0 Å². The summed E-state index contributed by atoms with van der Waals surface area (Å²) in [5.41, 5.74) is 11.1. The van der Waals surface area contributed by atoms with Gasteiger partial charge in [0.05, 0.1) is 5.69 Å². The van der Waals surface area contributed by atoms with E-state index in [1.54, 1.807) is 0 Å². The number of nitrogens with zero attached hydrogens (tertiary/aromatic N) is 1. The van der Waals surface area contributed by atoms with Crippen molar-refractivity contribution in [1.82, 2.24) is 4.98 Å². The van der Waals surface area contributed by atoms with Gasteiger partial charge in [-0.3, -0.25) is 4.98 Å². The fourth-order valence-corrected chi connectivity index (χ4v) is 3.48. The molecule has 0 aliphatic heterocycles. The van der Waals surface area contributed by atoms with Crippen molar-refractivity contribution in [1.29, 1.82) is 0 Å². The Balaban J connectivity index is 0.000000878. The van der Waals surface area contributed by atoms with Gasteiger partial charge < -0.3 is 5.73 Å². The van der Waals surface area contributed by atoms with Crippen LogP contribution in [0.15, 0.2) is 73.6 Å². The van der Waals surface area contributed by atoms with E-state index in [4.69, 9.17) is 0 Å². The van der Waals surface area contributed by atoms with Crippen molar-refractivity contribution >= 4 is 5.57 Å². The lowest BCUT2D eigenvalue weighted by molar-refractivity contribution is 0.632. The van der Waals surface area contributed by atoms with Crippen molar-refractivity contribution in [2.75, 3.05) is 0 Å². The van der Waals surface area contributed by atoms with E-state index in [1.165, 1.54) is 67.0 Å². The molecule has 2 N–H and O–H groups in total. The van der Waals surface area contributed by atoms with Crippen LogP contribution in [-0.2, 0) is 6.42 Å². The van der Waals surface area contributed by atoms with Gasteiger partial charge in [0, 0.05) is 11.8 Å². The van der Waals surface area contributed by atoms with E-state index in [1.807, 2.05) is 12.3 Å². The zero-order valence-electron chi connectivity index (χ0n) is 17.2. The summed E-state index contributed by atoms with van der Waals surface area (Å²) in [5.74, 6) is 0. The highest BCUT2D eigenvalue weighted by molar-refractivity contribution is 5.80. The Bertz CT molecular complexity index is 769. The fraction of sp³-hybridized carbons (Fsp3) is 0.346. The SMILES string of the molecule is C=CN.CCCCCCCc1ccc(-c2cccnc2C2=CC=CCC2)cc1. The van der Waals surface area contributed by atoms with Crippen molar-refractivity contribution in [3.63, 3.8) is 0 Å². The zero-order valence-corrected chi connectivity index (χ0v) is 17.2. The Morgan fingerprint density at radius 3 is 2.50 bits per heavy atom. The van der Waals surface area contributed by atoms with Crippen LogP contribution < -0.4 is 5.73 Å². The third-order valence-electron chi connectivity index (χ3n) is 4.96. The molecule has 0 radical (unpaired) electrons. The number of unbranched alkanes of at least 4 members (excludes halogenated alkanes) is 4. The maximum atomic E-state index is 4.68. The van der Waals surface area contributed by atoms with Crippen LogP contribution in [-0.4, -0.2) is 4.98 Å². The van der Waals surface area contributed by atoms with Crippen LogP contribution in [0.25, 0.3) is 16.7 Å². The van der Waals surface area contributed by atoms with Crippen molar-refractivity contribution in [3.05, 3.63) is 84.9 Å². The van der Waals surface area contributed by atoms with Gasteiger partial charge in [-0.25, -0.2) is 0 Å². The van der Waals surface area contributed by atoms with E-state index in [9.17, 15) is 0 Å². The standard InChI is InChI=1S/C24H29N.C2H5N/c1-2-3-4-5-7-11-20-15-17-21(18-16-20)23-14-10-19-25-24(23)22-12-8-6-9-13-22;1-2-3/h6,8,10,12,14-19H,2-5,7,9,11,13H2,1H3;2H,1,3H2. The molecular weight excluding hydrogens is 340 g/mol. The van der Waals surface area contributed by atoms with Crippen LogP contribution in [0.1, 0.15) is 63.1 Å². The normalized spacial score (nSPS) is 12.7. The molecule has 1 aliphatic rings. The predicted molar refractivity (Wildman–Crippen MR) is 123 cm³/mol. The number of aromatic nitrogens is 1. The van der Waals surface area contributed by atoms with Crippen molar-refractivity contribution in [2.45, 2.75) is 58.3 Å². The van der Waals surface area contributed by atoms with Gasteiger partial charge in [0.25, 0.3) is 0 Å². The molecule has 2 aromatic rings. The second-order valence-corrected chi connectivity index (χ2v) is 7.16. The molecule has 2 nitrogen and oxygen atoms in total. The molecule has 1 heterocycles. The number of aryl methyl sites for hydroxylation is 1. The van der Waals surface area contributed by atoms with Gasteiger partial charge in [-0.05, 0) is 54.6 Å². The van der Waals surface area contributed by atoms with Crippen LogP contribution in [0, 0.1) is 0 Å². The highest BCUT2D eigenvalue weighted by atomic mass is 14.7. The molecule has 1 aromatic heterocycles. The minimum absolute atomic E-state index is 1.08. The summed E-state index contributed by atoms with van der Waals surface area (Å²) in [6.07, 6.45) is 19.8. The van der Waals surface area contributed by atoms with Crippen LogP contribution in [0.3, 0.4) is 0 Å². The topological polar surface area (TPSA) is 38.9 Å². The first-order chi connectivity index (χ1) is 13.8. The summed E-state index contributed by atoms with van der Waals surface area (Å²) in [5, 5.41) is 0. The van der Waals surface area contributed by atoms with Crippen LogP contribution in [0.2, 0.25) is 0 Å². The lowest BCUT2D eigenvalue weighted by Crippen LogP contribution is -1.95. The average molecular weight is 375 g/mol. The lowest BCUT2D eigenvalue weighted by Gasteiger charge is -2.13. The molecule has 0 unspecified atom stereocenters. The first-order valence-electron chi connectivity index (χ1n) is 10.5. The van der Waals surface area contributed by atoms with E-state index >= 15 is 0 Å². The second kappa shape index (κ2) is 12.7. The van der Waals surface area contributed by atoms with Gasteiger partial charge in [0.1, 0.15) is 0 Å². The van der Waals surface area contributed by atoms with Gasteiger partial charge in [-0.2, -0.15) is 0 Å². The van der Waals surface area contributed by atoms with Crippen molar-refractivity contribution in [2.24, 2.45) is 5.73 Å².